The Labute approximate surface area is 201 Å². The molecule has 1 N–H and O–H groups in total. The molecule has 0 spiro atoms. The molecule has 1 aromatic heterocycles. The van der Waals surface area contributed by atoms with E-state index < -0.39 is 11.9 Å². The molecule has 3 aromatic carbocycles. The largest absolute Gasteiger partial charge is 0.473 e. The van der Waals surface area contributed by atoms with Crippen molar-refractivity contribution in [2.45, 2.75) is 13.5 Å². The van der Waals surface area contributed by atoms with Crippen molar-refractivity contribution < 1.29 is 23.5 Å². The lowest BCUT2D eigenvalue weighted by molar-refractivity contribution is 0.0598. The molecule has 174 valence electrons. The Morgan fingerprint density at radius 1 is 1.11 bits per heavy atom. The molecule has 8 heteroatoms. The molecule has 0 aliphatic carbocycles. The summed E-state index contributed by atoms with van der Waals surface area (Å²) >= 11 is 0. The summed E-state index contributed by atoms with van der Waals surface area (Å²) in [5.74, 6) is -0.232. The van der Waals surface area contributed by atoms with Crippen LogP contribution in [0.1, 0.15) is 37.6 Å². The second kappa shape index (κ2) is 8.88. The Morgan fingerprint density at radius 2 is 1.94 bits per heavy atom. The van der Waals surface area contributed by atoms with E-state index in [9.17, 15) is 14.9 Å². The van der Waals surface area contributed by atoms with Gasteiger partial charge in [-0.25, -0.2) is 4.79 Å². The van der Waals surface area contributed by atoms with Crippen LogP contribution in [0.15, 0.2) is 65.1 Å². The van der Waals surface area contributed by atoms with Gasteiger partial charge in [-0.1, -0.05) is 36.4 Å². The molecule has 35 heavy (non-hydrogen) atoms. The highest BCUT2D eigenvalue weighted by Gasteiger charge is 2.26. The third-order valence-corrected chi connectivity index (χ3v) is 6.01. The minimum absolute atomic E-state index is 0.00425. The number of hydrogen-bond donors (Lipinski definition) is 1. The van der Waals surface area contributed by atoms with E-state index >= 15 is 0 Å². The van der Waals surface area contributed by atoms with E-state index in [0.717, 1.165) is 27.8 Å². The van der Waals surface area contributed by atoms with Gasteiger partial charge in [-0.3, -0.25) is 10.1 Å². The monoisotopic (exact) mass is 467 g/mol. The Bertz CT molecular complexity index is 1520. The highest BCUT2D eigenvalue weighted by molar-refractivity contribution is 6.06. The summed E-state index contributed by atoms with van der Waals surface area (Å²) in [5.41, 5.74) is 2.18. The second-order valence-corrected chi connectivity index (χ2v) is 8.08. The number of furan rings is 1. The van der Waals surface area contributed by atoms with Crippen LogP contribution < -0.4 is 15.0 Å². The summed E-state index contributed by atoms with van der Waals surface area (Å²) in [7, 11) is 1.21. The molecule has 2 heterocycles. The summed E-state index contributed by atoms with van der Waals surface area (Å²) in [5, 5.41) is 14.4. The van der Waals surface area contributed by atoms with E-state index in [1.165, 1.54) is 14.0 Å². The molecule has 1 amide bonds. The number of nitrogens with zero attached hydrogens (tertiary/aromatic N) is 2. The van der Waals surface area contributed by atoms with E-state index in [2.05, 4.69) is 17.4 Å². The van der Waals surface area contributed by atoms with Crippen LogP contribution in [0, 0.1) is 18.3 Å². The number of carbonyl (C=O) groups excluding carboxylic acids is 2. The smallest absolute Gasteiger partial charge is 0.342 e. The number of anilines is 2. The molecule has 0 saturated carbocycles. The standard InChI is InChI=1S/C27H21N3O5/c1-16-24(27(32)33-2)21(13-28)26(35-16)29-25(31)18-7-5-8-19(12-18)30-14-22-20-9-4-3-6-17(20)10-11-23(22)34-15-30/h3-12H,14-15H2,1-2H3,(H,29,31). The number of nitrogens with one attached hydrogen (secondary N) is 1. The highest BCUT2D eigenvalue weighted by Crippen LogP contribution is 2.34. The maximum absolute atomic E-state index is 13.0. The van der Waals surface area contributed by atoms with Crippen molar-refractivity contribution in [3.8, 4) is 11.8 Å². The van der Waals surface area contributed by atoms with Crippen LogP contribution >= 0.6 is 0 Å². The molecule has 0 atom stereocenters. The van der Waals surface area contributed by atoms with E-state index in [1.807, 2.05) is 41.3 Å². The fourth-order valence-corrected chi connectivity index (χ4v) is 4.27. The molecule has 1 aliphatic rings. The lowest BCUT2D eigenvalue weighted by Crippen LogP contribution is -2.32. The van der Waals surface area contributed by atoms with E-state index in [4.69, 9.17) is 13.9 Å². The number of rotatable bonds is 4. The van der Waals surface area contributed by atoms with Gasteiger partial charge in [0.25, 0.3) is 5.91 Å². The topological polar surface area (TPSA) is 105 Å². The zero-order chi connectivity index (χ0) is 24.5. The minimum Gasteiger partial charge on any atom is -0.473 e. The zero-order valence-corrected chi connectivity index (χ0v) is 19.1. The summed E-state index contributed by atoms with van der Waals surface area (Å²) < 4.78 is 16.2. The third-order valence-electron chi connectivity index (χ3n) is 6.01. The van der Waals surface area contributed by atoms with Crippen LogP contribution in [-0.2, 0) is 11.3 Å². The summed E-state index contributed by atoms with van der Waals surface area (Å²) in [6.45, 7) is 2.50. The SMILES string of the molecule is COC(=O)c1c(C)oc(NC(=O)c2cccc(N3COc4ccc5ccccc5c4C3)c2)c1C#N. The molecule has 0 bridgehead atoms. The van der Waals surface area contributed by atoms with E-state index in [1.54, 1.807) is 18.2 Å². The second-order valence-electron chi connectivity index (χ2n) is 8.08. The first-order valence-electron chi connectivity index (χ1n) is 10.9. The fourth-order valence-electron chi connectivity index (χ4n) is 4.27. The van der Waals surface area contributed by atoms with Crippen molar-refractivity contribution in [2.24, 2.45) is 0 Å². The number of esters is 1. The van der Waals surface area contributed by atoms with Gasteiger partial charge in [0.05, 0.1) is 13.7 Å². The van der Waals surface area contributed by atoms with Crippen molar-refractivity contribution >= 4 is 34.2 Å². The van der Waals surface area contributed by atoms with Crippen LogP contribution in [0.25, 0.3) is 10.8 Å². The highest BCUT2D eigenvalue weighted by atomic mass is 16.5. The lowest BCUT2D eigenvalue weighted by atomic mass is 10.0. The van der Waals surface area contributed by atoms with Gasteiger partial charge in [-0.2, -0.15) is 5.26 Å². The fraction of sp³-hybridized carbons (Fsp3) is 0.148. The predicted octanol–water partition coefficient (Wildman–Crippen LogP) is 5.01. The number of benzene rings is 3. The number of methoxy groups -OCH3 is 1. The van der Waals surface area contributed by atoms with E-state index in [0.29, 0.717) is 18.8 Å². The molecule has 0 unspecified atom stereocenters. The van der Waals surface area contributed by atoms with Gasteiger partial charge >= 0.3 is 5.97 Å². The van der Waals surface area contributed by atoms with Crippen molar-refractivity contribution in [1.29, 1.82) is 5.26 Å². The molecule has 8 nitrogen and oxygen atoms in total. The molecule has 4 aromatic rings. The Morgan fingerprint density at radius 3 is 2.74 bits per heavy atom. The number of nitriles is 1. The molecule has 1 aliphatic heterocycles. The summed E-state index contributed by atoms with van der Waals surface area (Å²) in [6, 6.07) is 21.2. The normalized spacial score (nSPS) is 12.4. The average molecular weight is 467 g/mol. The Hall–Kier alpha value is -4.77. The summed E-state index contributed by atoms with van der Waals surface area (Å²) in [6.07, 6.45) is 0. The van der Waals surface area contributed by atoms with Gasteiger partial charge < -0.3 is 18.8 Å². The van der Waals surface area contributed by atoms with Crippen molar-refractivity contribution in [3.05, 3.63) is 88.7 Å². The molecule has 0 radical (unpaired) electrons. The number of fused-ring (bicyclic) bond motifs is 3. The van der Waals surface area contributed by atoms with Gasteiger partial charge in [-0.15, -0.1) is 0 Å². The first kappa shape index (κ1) is 22.0. The Balaban J connectivity index is 1.41. The predicted molar refractivity (Wildman–Crippen MR) is 130 cm³/mol. The van der Waals surface area contributed by atoms with Gasteiger partial charge in [0.15, 0.2) is 6.73 Å². The van der Waals surface area contributed by atoms with Crippen molar-refractivity contribution in [1.82, 2.24) is 0 Å². The number of ether oxygens (including phenoxy) is 2. The molecular weight excluding hydrogens is 446 g/mol. The minimum atomic E-state index is -0.705. The van der Waals surface area contributed by atoms with Crippen LogP contribution in [-0.4, -0.2) is 25.7 Å². The number of hydrogen-bond acceptors (Lipinski definition) is 7. The lowest BCUT2D eigenvalue weighted by Gasteiger charge is -2.31. The average Bonchev–Trinajstić information content (AvgIpc) is 3.22. The van der Waals surface area contributed by atoms with Crippen LogP contribution in [0.5, 0.6) is 5.75 Å². The van der Waals surface area contributed by atoms with Gasteiger partial charge in [0, 0.05) is 16.8 Å². The number of aryl methyl sites for hydroxylation is 1. The third kappa shape index (κ3) is 3.93. The van der Waals surface area contributed by atoms with Crippen molar-refractivity contribution in [2.75, 3.05) is 24.1 Å². The van der Waals surface area contributed by atoms with Crippen molar-refractivity contribution in [3.63, 3.8) is 0 Å². The molecule has 0 saturated heterocycles. The van der Waals surface area contributed by atoms with Crippen LogP contribution in [0.2, 0.25) is 0 Å². The maximum Gasteiger partial charge on any atom is 0.342 e. The van der Waals surface area contributed by atoms with Gasteiger partial charge in [-0.05, 0) is 42.0 Å². The quantitative estimate of drug-likeness (QED) is 0.421. The molecular formula is C27H21N3O5. The van der Waals surface area contributed by atoms with Gasteiger partial charge in [0.1, 0.15) is 28.7 Å². The maximum atomic E-state index is 13.0. The first-order valence-corrected chi connectivity index (χ1v) is 10.9. The first-order chi connectivity index (χ1) is 17.0. The number of amides is 1. The van der Waals surface area contributed by atoms with E-state index in [-0.39, 0.29) is 22.8 Å². The van der Waals surface area contributed by atoms with Gasteiger partial charge in [0.2, 0.25) is 5.88 Å². The molecule has 0 fully saturated rings. The Kier molecular flexibility index (Phi) is 5.59. The number of carbonyl (C=O) groups is 2. The van der Waals surface area contributed by atoms with Crippen LogP contribution in [0.3, 0.4) is 0 Å². The summed E-state index contributed by atoms with van der Waals surface area (Å²) in [4.78, 5) is 27.1. The van der Waals surface area contributed by atoms with Crippen LogP contribution in [0.4, 0.5) is 11.6 Å². The zero-order valence-electron chi connectivity index (χ0n) is 19.1. The molecule has 5 rings (SSSR count).